The Kier molecular flexibility index (Phi) is 6.84. The van der Waals surface area contributed by atoms with Crippen LogP contribution in [0.2, 0.25) is 0 Å². The molecule has 5 nitrogen and oxygen atoms in total. The van der Waals surface area contributed by atoms with Gasteiger partial charge in [-0.05, 0) is 32.3 Å². The van der Waals surface area contributed by atoms with E-state index in [1.54, 1.807) is 0 Å². The lowest BCUT2D eigenvalue weighted by Gasteiger charge is -2.31. The molecule has 0 radical (unpaired) electrons. The van der Waals surface area contributed by atoms with Crippen LogP contribution < -0.4 is 11.1 Å². The zero-order chi connectivity index (χ0) is 17.9. The van der Waals surface area contributed by atoms with E-state index in [1.807, 2.05) is 29.8 Å². The fraction of sp³-hybridized carbons (Fsp3) is 0.500. The lowest BCUT2D eigenvalue weighted by atomic mass is 9.82. The van der Waals surface area contributed by atoms with Crippen LogP contribution in [-0.2, 0) is 17.9 Å². The average Bonchev–Trinajstić information content (AvgIpc) is 2.88. The quantitative estimate of drug-likeness (QED) is 0.841. The van der Waals surface area contributed by atoms with E-state index in [4.69, 9.17) is 5.73 Å². The molecule has 1 aliphatic rings. The predicted molar refractivity (Wildman–Crippen MR) is 106 cm³/mol. The molecule has 1 aromatic heterocycles. The summed E-state index contributed by atoms with van der Waals surface area (Å²) in [4.78, 5) is 12.6. The van der Waals surface area contributed by atoms with Crippen LogP contribution in [0.3, 0.4) is 0 Å². The van der Waals surface area contributed by atoms with Crippen molar-refractivity contribution in [2.75, 3.05) is 0 Å². The monoisotopic (exact) mass is 376 g/mol. The highest BCUT2D eigenvalue weighted by Crippen LogP contribution is 2.26. The van der Waals surface area contributed by atoms with Crippen molar-refractivity contribution in [3.8, 4) is 0 Å². The second-order valence-corrected chi connectivity index (χ2v) is 7.19. The van der Waals surface area contributed by atoms with Crippen molar-refractivity contribution in [1.29, 1.82) is 0 Å². The number of aryl methyl sites for hydroxylation is 1. The van der Waals surface area contributed by atoms with Gasteiger partial charge in [0.05, 0.1) is 17.8 Å². The van der Waals surface area contributed by atoms with Gasteiger partial charge < -0.3 is 11.1 Å². The number of carbonyl (C=O) groups excluding carboxylic acids is 1. The first-order chi connectivity index (χ1) is 12.0. The number of carbonyl (C=O) groups is 1. The van der Waals surface area contributed by atoms with Crippen molar-refractivity contribution in [3.05, 3.63) is 52.8 Å². The summed E-state index contributed by atoms with van der Waals surface area (Å²) in [6.07, 6.45) is 4.82. The van der Waals surface area contributed by atoms with E-state index in [0.29, 0.717) is 6.54 Å². The molecule has 0 bridgehead atoms. The molecule has 26 heavy (non-hydrogen) atoms. The number of nitrogens with two attached hydrogens (primary N) is 1. The predicted octanol–water partition coefficient (Wildman–Crippen LogP) is 3.25. The molecule has 0 unspecified atom stereocenters. The first-order valence-electron chi connectivity index (χ1n) is 9.13. The van der Waals surface area contributed by atoms with Crippen molar-refractivity contribution in [2.45, 2.75) is 64.6 Å². The Bertz CT molecular complexity index is 736. The van der Waals surface area contributed by atoms with Crippen LogP contribution in [0.4, 0.5) is 0 Å². The van der Waals surface area contributed by atoms with Crippen LogP contribution in [0.1, 0.15) is 54.6 Å². The number of nitrogens with one attached hydrogen (secondary N) is 1. The zero-order valence-electron chi connectivity index (χ0n) is 15.6. The summed E-state index contributed by atoms with van der Waals surface area (Å²) in [7, 11) is 0. The Morgan fingerprint density at radius 1 is 1.19 bits per heavy atom. The van der Waals surface area contributed by atoms with Crippen molar-refractivity contribution in [1.82, 2.24) is 15.1 Å². The molecule has 1 aliphatic carbocycles. The molecular weight excluding hydrogens is 348 g/mol. The number of halogens is 1. The fourth-order valence-corrected chi connectivity index (χ4v) is 3.65. The Balaban J connectivity index is 0.00000243. The summed E-state index contributed by atoms with van der Waals surface area (Å²) < 4.78 is 2.00. The zero-order valence-corrected chi connectivity index (χ0v) is 16.4. The van der Waals surface area contributed by atoms with Crippen LogP contribution in [0, 0.1) is 13.8 Å². The minimum absolute atomic E-state index is 0. The molecule has 1 aromatic carbocycles. The van der Waals surface area contributed by atoms with Gasteiger partial charge in [0.2, 0.25) is 5.91 Å². The topological polar surface area (TPSA) is 72.9 Å². The van der Waals surface area contributed by atoms with Gasteiger partial charge in [0.15, 0.2) is 0 Å². The van der Waals surface area contributed by atoms with E-state index in [0.717, 1.165) is 49.2 Å². The van der Waals surface area contributed by atoms with Gasteiger partial charge in [0, 0.05) is 17.8 Å². The minimum atomic E-state index is -0.694. The van der Waals surface area contributed by atoms with Gasteiger partial charge in [0.25, 0.3) is 0 Å². The molecule has 6 heteroatoms. The maximum atomic E-state index is 12.6. The first kappa shape index (κ1) is 20.5. The molecule has 1 amide bonds. The van der Waals surface area contributed by atoms with Crippen molar-refractivity contribution >= 4 is 18.3 Å². The fourth-order valence-electron chi connectivity index (χ4n) is 3.65. The molecule has 3 rings (SSSR count). The molecule has 1 fully saturated rings. The number of rotatable bonds is 5. The molecule has 142 valence electrons. The van der Waals surface area contributed by atoms with Crippen LogP contribution >= 0.6 is 12.4 Å². The maximum absolute atomic E-state index is 12.6. The number of amides is 1. The summed E-state index contributed by atoms with van der Waals surface area (Å²) in [5.41, 5.74) is 9.98. The average molecular weight is 377 g/mol. The highest BCUT2D eigenvalue weighted by atomic mass is 35.5. The summed E-state index contributed by atoms with van der Waals surface area (Å²) in [5, 5.41) is 7.70. The minimum Gasteiger partial charge on any atom is -0.350 e. The summed E-state index contributed by atoms with van der Waals surface area (Å²) in [6, 6.07) is 10.3. The number of aromatic nitrogens is 2. The maximum Gasteiger partial charge on any atom is 0.240 e. The van der Waals surface area contributed by atoms with Gasteiger partial charge in [-0.1, -0.05) is 49.6 Å². The lowest BCUT2D eigenvalue weighted by molar-refractivity contribution is -0.127. The number of hydrogen-bond acceptors (Lipinski definition) is 3. The summed E-state index contributed by atoms with van der Waals surface area (Å²) in [5.74, 6) is -0.0261. The second kappa shape index (κ2) is 8.69. The highest BCUT2D eigenvalue weighted by Gasteiger charge is 2.35. The Hall–Kier alpha value is -1.85. The van der Waals surface area contributed by atoms with Gasteiger partial charge in [0.1, 0.15) is 0 Å². The van der Waals surface area contributed by atoms with Gasteiger partial charge >= 0.3 is 0 Å². The Morgan fingerprint density at radius 3 is 2.50 bits per heavy atom. The van der Waals surface area contributed by atoms with E-state index in [9.17, 15) is 4.79 Å². The van der Waals surface area contributed by atoms with Crippen LogP contribution in [-0.4, -0.2) is 21.2 Å². The Morgan fingerprint density at radius 2 is 1.85 bits per heavy atom. The largest absolute Gasteiger partial charge is 0.350 e. The standard InChI is InChI=1S/C20H28N4O.ClH/c1-15-18(13-22-19(25)20(21)11-7-4-8-12-20)16(2)24(23-15)14-17-9-5-3-6-10-17;/h3,5-6,9-10H,4,7-8,11-14,21H2,1-2H3,(H,22,25);1H. The summed E-state index contributed by atoms with van der Waals surface area (Å²) in [6.45, 7) is 5.28. The summed E-state index contributed by atoms with van der Waals surface area (Å²) >= 11 is 0. The number of hydrogen-bond donors (Lipinski definition) is 2. The third-order valence-corrected chi connectivity index (χ3v) is 5.33. The van der Waals surface area contributed by atoms with Crippen molar-refractivity contribution < 1.29 is 4.79 Å². The second-order valence-electron chi connectivity index (χ2n) is 7.19. The van der Waals surface area contributed by atoms with E-state index >= 15 is 0 Å². The van der Waals surface area contributed by atoms with E-state index in [2.05, 4.69) is 29.5 Å². The Labute approximate surface area is 161 Å². The molecule has 3 N–H and O–H groups in total. The van der Waals surface area contributed by atoms with Crippen LogP contribution in [0.25, 0.3) is 0 Å². The molecule has 1 saturated carbocycles. The number of benzene rings is 1. The first-order valence-corrected chi connectivity index (χ1v) is 9.13. The SMILES string of the molecule is Cc1nn(Cc2ccccc2)c(C)c1CNC(=O)C1(N)CCCCC1.Cl. The van der Waals surface area contributed by atoms with Crippen molar-refractivity contribution in [2.24, 2.45) is 5.73 Å². The van der Waals surface area contributed by atoms with E-state index in [1.165, 1.54) is 12.0 Å². The molecule has 1 heterocycles. The molecule has 0 saturated heterocycles. The number of nitrogens with zero attached hydrogens (tertiary/aromatic N) is 2. The van der Waals surface area contributed by atoms with Crippen molar-refractivity contribution in [3.63, 3.8) is 0 Å². The van der Waals surface area contributed by atoms with Gasteiger partial charge in [-0.25, -0.2) is 0 Å². The van der Waals surface area contributed by atoms with Crippen LogP contribution in [0.5, 0.6) is 0 Å². The van der Waals surface area contributed by atoms with E-state index in [-0.39, 0.29) is 18.3 Å². The molecule has 0 aliphatic heterocycles. The van der Waals surface area contributed by atoms with Crippen LogP contribution in [0.15, 0.2) is 30.3 Å². The van der Waals surface area contributed by atoms with Gasteiger partial charge in [-0.15, -0.1) is 12.4 Å². The third kappa shape index (κ3) is 4.46. The van der Waals surface area contributed by atoms with Gasteiger partial charge in [-0.3, -0.25) is 9.48 Å². The molecule has 2 aromatic rings. The molecule has 0 atom stereocenters. The lowest BCUT2D eigenvalue weighted by Crippen LogP contribution is -2.54. The molecule has 0 spiro atoms. The molecular formula is C20H29ClN4O. The normalized spacial score (nSPS) is 16.0. The van der Waals surface area contributed by atoms with Gasteiger partial charge in [-0.2, -0.15) is 5.10 Å². The smallest absolute Gasteiger partial charge is 0.240 e. The van der Waals surface area contributed by atoms with E-state index < -0.39 is 5.54 Å². The third-order valence-electron chi connectivity index (χ3n) is 5.33. The highest BCUT2D eigenvalue weighted by molar-refractivity contribution is 5.86.